The fourth-order valence-corrected chi connectivity index (χ4v) is 3.95. The molecule has 3 aromatic rings. The van der Waals surface area contributed by atoms with Crippen LogP contribution in [0.5, 0.6) is 0 Å². The average molecular weight is 428 g/mol. The first-order valence-corrected chi connectivity index (χ1v) is 10.9. The number of ether oxygens (including phenoxy) is 1. The van der Waals surface area contributed by atoms with Crippen LogP contribution in [0.2, 0.25) is 0 Å². The van der Waals surface area contributed by atoms with Crippen molar-refractivity contribution in [2.24, 2.45) is 0 Å². The molecule has 0 spiro atoms. The number of nitrogens with zero attached hydrogens (tertiary/aromatic N) is 6. The predicted octanol–water partition coefficient (Wildman–Crippen LogP) is 2.45. The molecule has 0 radical (unpaired) electrons. The minimum Gasteiger partial charge on any atom is -0.380 e. The maximum Gasteiger partial charge on any atom is 0.226 e. The van der Waals surface area contributed by atoms with Crippen molar-refractivity contribution in [2.75, 3.05) is 38.2 Å². The molecule has 0 saturated carbocycles. The van der Waals surface area contributed by atoms with Crippen molar-refractivity contribution >= 4 is 23.1 Å². The molecule has 1 aliphatic rings. The van der Waals surface area contributed by atoms with Crippen molar-refractivity contribution in [3.05, 3.63) is 35.1 Å². The summed E-state index contributed by atoms with van der Waals surface area (Å²) in [6, 6.07) is 3.72. The highest BCUT2D eigenvalue weighted by Gasteiger charge is 2.15. The Morgan fingerprint density at radius 3 is 2.90 bits per heavy atom. The minimum atomic E-state index is -0.0803. The third kappa shape index (κ3) is 5.07. The van der Waals surface area contributed by atoms with Crippen LogP contribution in [0, 0.1) is 13.8 Å². The smallest absolute Gasteiger partial charge is 0.226 e. The lowest BCUT2D eigenvalue weighted by Crippen LogP contribution is -2.30. The Kier molecular flexibility index (Phi) is 6.46. The van der Waals surface area contributed by atoms with Gasteiger partial charge in [0.25, 0.3) is 0 Å². The van der Waals surface area contributed by atoms with Gasteiger partial charge < -0.3 is 15.0 Å². The van der Waals surface area contributed by atoms with Crippen LogP contribution >= 0.6 is 11.3 Å². The van der Waals surface area contributed by atoms with Gasteiger partial charge in [-0.25, -0.2) is 19.6 Å². The van der Waals surface area contributed by atoms with E-state index < -0.39 is 0 Å². The van der Waals surface area contributed by atoms with E-state index >= 15 is 0 Å². The number of amides is 1. The quantitative estimate of drug-likeness (QED) is 0.645. The Morgan fingerprint density at radius 2 is 2.13 bits per heavy atom. The van der Waals surface area contributed by atoms with Crippen molar-refractivity contribution in [1.29, 1.82) is 0 Å². The number of aromatic nitrogens is 5. The van der Waals surface area contributed by atoms with Gasteiger partial charge in [0, 0.05) is 56.0 Å². The van der Waals surface area contributed by atoms with E-state index in [9.17, 15) is 4.79 Å². The Labute approximate surface area is 179 Å². The van der Waals surface area contributed by atoms with E-state index in [-0.39, 0.29) is 5.91 Å². The molecule has 0 aromatic carbocycles. The van der Waals surface area contributed by atoms with E-state index in [0.29, 0.717) is 35.4 Å². The van der Waals surface area contributed by atoms with Crippen LogP contribution in [0.1, 0.15) is 24.2 Å². The number of anilines is 1. The highest BCUT2D eigenvalue weighted by Crippen LogP contribution is 2.22. The molecule has 4 rings (SSSR count). The zero-order valence-electron chi connectivity index (χ0n) is 17.2. The van der Waals surface area contributed by atoms with Crippen molar-refractivity contribution < 1.29 is 9.53 Å². The van der Waals surface area contributed by atoms with Gasteiger partial charge in [0.2, 0.25) is 5.91 Å². The van der Waals surface area contributed by atoms with Crippen LogP contribution in [0.25, 0.3) is 16.6 Å². The highest BCUT2D eigenvalue weighted by atomic mass is 32.1. The van der Waals surface area contributed by atoms with Crippen LogP contribution in [-0.2, 0) is 9.53 Å². The number of hydrogen-bond donors (Lipinski definition) is 1. The van der Waals surface area contributed by atoms with Crippen molar-refractivity contribution in [3.8, 4) is 16.6 Å². The molecule has 1 fully saturated rings. The standard InChI is InChI=1S/C20H25N7O2S/c1-14-12-15(2)27(25-14)17-13-16(23-19(24-17)20-21-5-11-30-20)22-18(28)4-7-26-6-3-9-29-10-8-26/h5,11-13H,3-4,6-10H2,1-2H3,(H,22,23,24,28). The maximum atomic E-state index is 12.6. The molecule has 3 aromatic heterocycles. The summed E-state index contributed by atoms with van der Waals surface area (Å²) >= 11 is 1.45. The number of thiazole rings is 1. The molecule has 1 N–H and O–H groups in total. The molecule has 10 heteroatoms. The maximum absolute atomic E-state index is 12.6. The summed E-state index contributed by atoms with van der Waals surface area (Å²) in [7, 11) is 0. The van der Waals surface area contributed by atoms with Gasteiger partial charge in [0.1, 0.15) is 5.82 Å². The molecule has 1 saturated heterocycles. The van der Waals surface area contributed by atoms with Crippen molar-refractivity contribution in [3.63, 3.8) is 0 Å². The molecule has 1 aliphatic heterocycles. The van der Waals surface area contributed by atoms with Gasteiger partial charge in [-0.15, -0.1) is 11.3 Å². The molecule has 4 heterocycles. The van der Waals surface area contributed by atoms with Crippen LogP contribution in [0.15, 0.2) is 23.7 Å². The van der Waals surface area contributed by atoms with Gasteiger partial charge in [0.05, 0.1) is 12.3 Å². The number of carbonyl (C=O) groups excluding carboxylic acids is 1. The van der Waals surface area contributed by atoms with Crippen molar-refractivity contribution in [2.45, 2.75) is 26.7 Å². The summed E-state index contributed by atoms with van der Waals surface area (Å²) < 4.78 is 7.22. The largest absolute Gasteiger partial charge is 0.380 e. The molecule has 30 heavy (non-hydrogen) atoms. The second-order valence-electron chi connectivity index (χ2n) is 7.22. The summed E-state index contributed by atoms with van der Waals surface area (Å²) in [6.45, 7) is 7.92. The Hall–Kier alpha value is -2.69. The van der Waals surface area contributed by atoms with Crippen molar-refractivity contribution in [1.82, 2.24) is 29.6 Å². The zero-order chi connectivity index (χ0) is 20.9. The highest BCUT2D eigenvalue weighted by molar-refractivity contribution is 7.13. The number of rotatable bonds is 6. The monoisotopic (exact) mass is 427 g/mol. The molecule has 158 valence electrons. The van der Waals surface area contributed by atoms with E-state index in [2.05, 4.69) is 30.3 Å². The van der Waals surface area contributed by atoms with Crippen LogP contribution in [0.3, 0.4) is 0 Å². The number of carbonyl (C=O) groups is 1. The SMILES string of the molecule is Cc1cc(C)n(-c2cc(NC(=O)CCN3CCCOCC3)nc(-c3nccs3)n2)n1. The summed E-state index contributed by atoms with van der Waals surface area (Å²) in [5, 5.41) is 10.00. The van der Waals surface area contributed by atoms with E-state index in [1.807, 2.05) is 25.3 Å². The lowest BCUT2D eigenvalue weighted by molar-refractivity contribution is -0.116. The first-order valence-electron chi connectivity index (χ1n) is 10.0. The van der Waals surface area contributed by atoms with Gasteiger partial charge >= 0.3 is 0 Å². The normalized spacial score (nSPS) is 15.1. The Balaban J connectivity index is 1.53. The summed E-state index contributed by atoms with van der Waals surface area (Å²) in [5.41, 5.74) is 1.85. The van der Waals surface area contributed by atoms with Crippen LogP contribution in [0.4, 0.5) is 5.82 Å². The molecule has 0 bridgehead atoms. The zero-order valence-corrected chi connectivity index (χ0v) is 18.0. The molecule has 9 nitrogen and oxygen atoms in total. The topological polar surface area (TPSA) is 98.1 Å². The van der Waals surface area contributed by atoms with Crippen LogP contribution in [-0.4, -0.2) is 68.4 Å². The summed E-state index contributed by atoms with van der Waals surface area (Å²) in [4.78, 5) is 28.3. The number of aryl methyl sites for hydroxylation is 2. The Bertz CT molecular complexity index is 995. The first-order chi connectivity index (χ1) is 14.6. The molecule has 0 aliphatic carbocycles. The fraction of sp³-hybridized carbons (Fsp3) is 0.450. The molecule has 0 unspecified atom stereocenters. The summed E-state index contributed by atoms with van der Waals surface area (Å²) in [5.74, 6) is 1.43. The third-order valence-electron chi connectivity index (χ3n) is 4.80. The third-order valence-corrected chi connectivity index (χ3v) is 5.57. The molecule has 0 atom stereocenters. The lowest BCUT2D eigenvalue weighted by Gasteiger charge is -2.18. The van der Waals surface area contributed by atoms with Gasteiger partial charge in [-0.3, -0.25) is 4.79 Å². The number of hydrogen-bond acceptors (Lipinski definition) is 8. The van der Waals surface area contributed by atoms with Gasteiger partial charge in [-0.1, -0.05) is 0 Å². The number of nitrogens with one attached hydrogen (secondary N) is 1. The first kappa shape index (κ1) is 20.6. The molecular formula is C20H25N7O2S. The molecular weight excluding hydrogens is 402 g/mol. The second-order valence-corrected chi connectivity index (χ2v) is 8.11. The van der Waals surface area contributed by atoms with E-state index in [4.69, 9.17) is 4.74 Å². The predicted molar refractivity (Wildman–Crippen MR) is 115 cm³/mol. The fourth-order valence-electron chi connectivity index (χ4n) is 3.38. The summed E-state index contributed by atoms with van der Waals surface area (Å²) in [6.07, 6.45) is 3.10. The van der Waals surface area contributed by atoms with Gasteiger partial charge in [-0.05, 0) is 26.3 Å². The van der Waals surface area contributed by atoms with Gasteiger partial charge in [-0.2, -0.15) is 5.10 Å². The average Bonchev–Trinajstić information content (AvgIpc) is 3.29. The second kappa shape index (κ2) is 9.41. The minimum absolute atomic E-state index is 0.0803. The molecule has 1 amide bonds. The van der Waals surface area contributed by atoms with E-state index in [0.717, 1.165) is 44.1 Å². The van der Waals surface area contributed by atoms with E-state index in [1.165, 1.54) is 11.3 Å². The van der Waals surface area contributed by atoms with E-state index in [1.54, 1.807) is 16.9 Å². The van der Waals surface area contributed by atoms with Gasteiger partial charge in [0.15, 0.2) is 16.6 Å². The van der Waals surface area contributed by atoms with Crippen LogP contribution < -0.4 is 5.32 Å². The lowest BCUT2D eigenvalue weighted by atomic mass is 10.3. The Morgan fingerprint density at radius 1 is 1.23 bits per heavy atom.